The quantitative estimate of drug-likeness (QED) is 0.116. The maximum atomic E-state index is 13.0. The van der Waals surface area contributed by atoms with E-state index in [4.69, 9.17) is 11.5 Å². The number of rotatable bonds is 24. The van der Waals surface area contributed by atoms with E-state index < -0.39 is 23.9 Å². The molecule has 0 aliphatic carbocycles. The van der Waals surface area contributed by atoms with Gasteiger partial charge in [0.05, 0.1) is 0 Å². The normalized spacial score (nSPS) is 12.6. The molecule has 1 rings (SSSR count). The second kappa shape index (κ2) is 22.2. The van der Waals surface area contributed by atoms with Gasteiger partial charge in [0, 0.05) is 12.8 Å². The molecule has 1 aromatic rings. The monoisotopic (exact) mass is 546 g/mol. The van der Waals surface area contributed by atoms with Crippen molar-refractivity contribution in [1.29, 1.82) is 0 Å². The predicted molar refractivity (Wildman–Crippen MR) is 158 cm³/mol. The van der Waals surface area contributed by atoms with Gasteiger partial charge in [0.2, 0.25) is 17.7 Å². The van der Waals surface area contributed by atoms with E-state index in [2.05, 4.69) is 17.6 Å². The molecular formula is C31H54N4O4. The molecular weight excluding hydrogens is 492 g/mol. The lowest BCUT2D eigenvalue weighted by Gasteiger charge is -2.22. The Morgan fingerprint density at radius 1 is 0.744 bits per heavy atom. The Hall–Kier alpha value is -2.61. The molecule has 1 aromatic carbocycles. The second-order valence-corrected chi connectivity index (χ2v) is 10.7. The number of benzene rings is 1. The van der Waals surface area contributed by atoms with Crippen molar-refractivity contribution in [1.82, 2.24) is 10.6 Å². The Kier molecular flexibility index (Phi) is 19.6. The lowest BCUT2D eigenvalue weighted by atomic mass is 10.0. The van der Waals surface area contributed by atoms with Gasteiger partial charge in [-0.05, 0) is 49.9 Å². The molecule has 0 aliphatic rings. The van der Waals surface area contributed by atoms with E-state index in [9.17, 15) is 19.5 Å². The Bertz CT molecular complexity index is 800. The lowest BCUT2D eigenvalue weighted by molar-refractivity contribution is -0.131. The van der Waals surface area contributed by atoms with Crippen LogP contribution in [0.25, 0.3) is 0 Å². The number of unbranched alkanes of at least 4 members (excludes halogenated alkanes) is 13. The van der Waals surface area contributed by atoms with Crippen LogP contribution in [0, 0.1) is 0 Å². The highest BCUT2D eigenvalue weighted by Gasteiger charge is 2.25. The zero-order valence-corrected chi connectivity index (χ0v) is 24.2. The highest BCUT2D eigenvalue weighted by Crippen LogP contribution is 2.14. The number of phenolic OH excluding ortho intramolecular Hbond substituents is 1. The van der Waals surface area contributed by atoms with Crippen LogP contribution < -0.4 is 22.1 Å². The van der Waals surface area contributed by atoms with E-state index >= 15 is 0 Å². The van der Waals surface area contributed by atoms with E-state index in [1.54, 1.807) is 12.1 Å². The summed E-state index contributed by atoms with van der Waals surface area (Å²) in [7, 11) is 0. The first kappa shape index (κ1) is 34.4. The zero-order chi connectivity index (χ0) is 28.7. The minimum absolute atomic E-state index is 0.115. The molecule has 7 N–H and O–H groups in total. The van der Waals surface area contributed by atoms with Crippen LogP contribution in [-0.2, 0) is 20.8 Å². The fraction of sp³-hybridized carbons (Fsp3) is 0.710. The molecule has 39 heavy (non-hydrogen) atoms. The third-order valence-electron chi connectivity index (χ3n) is 7.14. The van der Waals surface area contributed by atoms with Crippen LogP contribution >= 0.6 is 0 Å². The predicted octanol–water partition coefficient (Wildman–Crippen LogP) is 5.00. The number of aromatic hydroxyl groups is 1. The van der Waals surface area contributed by atoms with Crippen LogP contribution in [0.1, 0.15) is 122 Å². The average molecular weight is 547 g/mol. The van der Waals surface area contributed by atoms with E-state index in [-0.39, 0.29) is 18.1 Å². The van der Waals surface area contributed by atoms with Crippen LogP contribution in [0.3, 0.4) is 0 Å². The number of carbonyl (C=O) groups is 3. The fourth-order valence-electron chi connectivity index (χ4n) is 4.69. The molecule has 222 valence electrons. The minimum Gasteiger partial charge on any atom is -0.508 e. The summed E-state index contributed by atoms with van der Waals surface area (Å²) in [5, 5.41) is 15.0. The van der Waals surface area contributed by atoms with Crippen molar-refractivity contribution in [2.75, 3.05) is 6.54 Å². The molecule has 0 heterocycles. The molecule has 0 unspecified atom stereocenters. The van der Waals surface area contributed by atoms with Gasteiger partial charge in [-0.3, -0.25) is 14.4 Å². The topological polar surface area (TPSA) is 148 Å². The second-order valence-electron chi connectivity index (χ2n) is 10.7. The molecule has 0 fully saturated rings. The first-order valence-electron chi connectivity index (χ1n) is 15.2. The van der Waals surface area contributed by atoms with Gasteiger partial charge in [0.1, 0.15) is 17.8 Å². The fourth-order valence-corrected chi connectivity index (χ4v) is 4.69. The first-order valence-corrected chi connectivity index (χ1v) is 15.2. The van der Waals surface area contributed by atoms with Crippen molar-refractivity contribution >= 4 is 17.7 Å². The maximum Gasteiger partial charge on any atom is 0.243 e. The molecule has 0 radical (unpaired) electrons. The minimum atomic E-state index is -0.919. The standard InChI is InChI=1S/C31H54N4O4/c1-2-3-4-5-6-7-8-9-10-11-12-13-14-18-29(37)34-27(17-15-16-23-32)31(39)35-28(30(33)38)24-25-19-21-26(36)22-20-25/h19-22,27-28,36H,2-18,23-24,32H2,1H3,(H2,33,38)(H,34,37)(H,35,39)/t27-,28-/m0/s1. The molecule has 0 bridgehead atoms. The summed E-state index contributed by atoms with van der Waals surface area (Å²) in [5.74, 6) is -1.12. The summed E-state index contributed by atoms with van der Waals surface area (Å²) in [4.78, 5) is 37.6. The molecule has 0 spiro atoms. The van der Waals surface area contributed by atoms with Gasteiger partial charge in [-0.25, -0.2) is 0 Å². The van der Waals surface area contributed by atoms with Gasteiger partial charge in [-0.2, -0.15) is 0 Å². The number of nitrogens with one attached hydrogen (secondary N) is 2. The molecule has 0 aromatic heterocycles. The van der Waals surface area contributed by atoms with Gasteiger partial charge in [-0.1, -0.05) is 96.1 Å². The average Bonchev–Trinajstić information content (AvgIpc) is 2.91. The summed E-state index contributed by atoms with van der Waals surface area (Å²) in [6.07, 6.45) is 18.6. The van der Waals surface area contributed by atoms with Crippen LogP contribution in [0.4, 0.5) is 0 Å². The van der Waals surface area contributed by atoms with Crippen LogP contribution in [0.15, 0.2) is 24.3 Å². The molecule has 3 amide bonds. The van der Waals surface area contributed by atoms with Crippen molar-refractivity contribution in [2.45, 2.75) is 135 Å². The highest BCUT2D eigenvalue weighted by molar-refractivity contribution is 5.91. The van der Waals surface area contributed by atoms with Crippen molar-refractivity contribution in [2.24, 2.45) is 11.5 Å². The third kappa shape index (κ3) is 17.6. The molecule has 2 atom stereocenters. The number of carbonyl (C=O) groups excluding carboxylic acids is 3. The largest absolute Gasteiger partial charge is 0.508 e. The summed E-state index contributed by atoms with van der Waals surface area (Å²) < 4.78 is 0. The lowest BCUT2D eigenvalue weighted by Crippen LogP contribution is -2.53. The Morgan fingerprint density at radius 3 is 1.79 bits per heavy atom. The van der Waals surface area contributed by atoms with E-state index in [1.165, 1.54) is 76.3 Å². The molecule has 0 aliphatic heterocycles. The van der Waals surface area contributed by atoms with Crippen LogP contribution in [0.5, 0.6) is 5.75 Å². The summed E-state index contributed by atoms with van der Waals surface area (Å²) in [6.45, 7) is 2.75. The number of amides is 3. The van der Waals surface area contributed by atoms with Crippen molar-refractivity contribution < 1.29 is 19.5 Å². The van der Waals surface area contributed by atoms with E-state index in [0.717, 1.165) is 31.2 Å². The first-order chi connectivity index (χ1) is 18.9. The van der Waals surface area contributed by atoms with Gasteiger partial charge in [-0.15, -0.1) is 0 Å². The van der Waals surface area contributed by atoms with E-state index in [1.807, 2.05) is 0 Å². The number of primary amides is 1. The van der Waals surface area contributed by atoms with E-state index in [0.29, 0.717) is 25.8 Å². The smallest absolute Gasteiger partial charge is 0.243 e. The van der Waals surface area contributed by atoms with Gasteiger partial charge in [0.15, 0.2) is 0 Å². The van der Waals surface area contributed by atoms with Crippen LogP contribution in [0.2, 0.25) is 0 Å². The van der Waals surface area contributed by atoms with Crippen molar-refractivity contribution in [3.05, 3.63) is 29.8 Å². The number of hydrogen-bond donors (Lipinski definition) is 5. The summed E-state index contributed by atoms with van der Waals surface area (Å²) in [5.41, 5.74) is 11.9. The molecule has 0 saturated heterocycles. The molecule has 0 saturated carbocycles. The number of nitrogens with two attached hydrogens (primary N) is 2. The van der Waals surface area contributed by atoms with Gasteiger partial charge < -0.3 is 27.2 Å². The highest BCUT2D eigenvalue weighted by atomic mass is 16.3. The Balaban J connectivity index is 2.37. The summed E-state index contributed by atoms with van der Waals surface area (Å²) in [6, 6.07) is 4.72. The zero-order valence-electron chi connectivity index (χ0n) is 24.2. The number of phenols is 1. The molecule has 8 heteroatoms. The number of hydrogen-bond acceptors (Lipinski definition) is 5. The Morgan fingerprint density at radius 2 is 1.28 bits per heavy atom. The summed E-state index contributed by atoms with van der Waals surface area (Å²) >= 11 is 0. The third-order valence-corrected chi connectivity index (χ3v) is 7.14. The van der Waals surface area contributed by atoms with Gasteiger partial charge in [0.25, 0.3) is 0 Å². The Labute approximate surface area is 236 Å². The van der Waals surface area contributed by atoms with Crippen LogP contribution in [-0.4, -0.2) is 41.5 Å². The maximum absolute atomic E-state index is 13.0. The van der Waals surface area contributed by atoms with Crippen molar-refractivity contribution in [3.63, 3.8) is 0 Å². The molecule has 8 nitrogen and oxygen atoms in total. The van der Waals surface area contributed by atoms with Gasteiger partial charge >= 0.3 is 0 Å². The SMILES string of the molecule is CCCCCCCCCCCCCCCC(=O)N[C@@H](CCCCN)C(=O)N[C@@H](Cc1ccc(O)cc1)C(N)=O. The van der Waals surface area contributed by atoms with Crippen molar-refractivity contribution in [3.8, 4) is 5.75 Å².